The third-order valence-corrected chi connectivity index (χ3v) is 5.80. The van der Waals surface area contributed by atoms with Gasteiger partial charge in [0.05, 0.1) is 12.0 Å². The van der Waals surface area contributed by atoms with Crippen LogP contribution in [0, 0.1) is 5.92 Å². The van der Waals surface area contributed by atoms with Crippen molar-refractivity contribution in [3.63, 3.8) is 0 Å². The van der Waals surface area contributed by atoms with Crippen LogP contribution in [-0.2, 0) is 0 Å². The summed E-state index contributed by atoms with van der Waals surface area (Å²) in [7, 11) is 0. The molecule has 0 radical (unpaired) electrons. The van der Waals surface area contributed by atoms with Crippen molar-refractivity contribution in [3.05, 3.63) is 89.7 Å². The van der Waals surface area contributed by atoms with Gasteiger partial charge in [0, 0.05) is 36.3 Å². The summed E-state index contributed by atoms with van der Waals surface area (Å²) in [6.45, 7) is 4.46. The lowest BCUT2D eigenvalue weighted by molar-refractivity contribution is -0.274. The molecule has 0 spiro atoms. The standard InChI is InChI=1S/C26H26F3N3O3/c1-16(2)15-32-23(17-7-6-12-30-14-17)22(20-10-3-4-11-21(20)25(32)34)24(33)31-18-8-5-9-19(13-18)35-26(27,28)29/h3-14,16,22-24,31,33H,15H2,1-2H3/t22-,23+,24?/m0/s1. The molecule has 1 amide bonds. The lowest BCUT2D eigenvalue weighted by Crippen LogP contribution is -2.48. The SMILES string of the molecule is CC(C)CN1C(=O)c2ccccc2[C@H](C(O)Nc2cccc(OC(F)(F)F)c2)[C@H]1c1cccnc1. The first-order valence-corrected chi connectivity index (χ1v) is 11.2. The van der Waals surface area contributed by atoms with Gasteiger partial charge in [-0.2, -0.15) is 0 Å². The molecule has 6 nitrogen and oxygen atoms in total. The number of fused-ring (bicyclic) bond motifs is 1. The maximum atomic E-state index is 13.5. The Bertz CT molecular complexity index is 1170. The number of amides is 1. The molecule has 2 heterocycles. The molecular formula is C26H26F3N3O3. The second-order valence-corrected chi connectivity index (χ2v) is 8.86. The number of nitrogens with zero attached hydrogens (tertiary/aromatic N) is 2. The van der Waals surface area contributed by atoms with E-state index in [4.69, 9.17) is 0 Å². The molecule has 0 aliphatic carbocycles. The first-order chi connectivity index (χ1) is 16.6. The van der Waals surface area contributed by atoms with Gasteiger partial charge in [0.1, 0.15) is 12.0 Å². The van der Waals surface area contributed by atoms with E-state index in [2.05, 4.69) is 15.0 Å². The van der Waals surface area contributed by atoms with Gasteiger partial charge < -0.3 is 20.1 Å². The van der Waals surface area contributed by atoms with Crippen LogP contribution in [0.25, 0.3) is 0 Å². The first kappa shape index (κ1) is 24.5. The Morgan fingerprint density at radius 1 is 1.11 bits per heavy atom. The summed E-state index contributed by atoms with van der Waals surface area (Å²) in [5, 5.41) is 14.4. The van der Waals surface area contributed by atoms with Gasteiger partial charge in [-0.3, -0.25) is 9.78 Å². The monoisotopic (exact) mass is 485 g/mol. The van der Waals surface area contributed by atoms with Gasteiger partial charge in [-0.1, -0.05) is 44.2 Å². The van der Waals surface area contributed by atoms with Crippen molar-refractivity contribution in [2.24, 2.45) is 5.92 Å². The molecule has 4 rings (SSSR count). The van der Waals surface area contributed by atoms with E-state index >= 15 is 0 Å². The number of pyridine rings is 1. The van der Waals surface area contributed by atoms with Gasteiger partial charge in [-0.15, -0.1) is 13.2 Å². The van der Waals surface area contributed by atoms with E-state index in [0.29, 0.717) is 17.7 Å². The fourth-order valence-corrected chi connectivity index (χ4v) is 4.54. The Morgan fingerprint density at radius 2 is 1.89 bits per heavy atom. The molecule has 0 saturated heterocycles. The Kier molecular flexibility index (Phi) is 6.98. The minimum atomic E-state index is -4.83. The molecule has 35 heavy (non-hydrogen) atoms. The number of halogens is 3. The van der Waals surface area contributed by atoms with E-state index in [9.17, 15) is 23.1 Å². The van der Waals surface area contributed by atoms with Crippen LogP contribution < -0.4 is 10.1 Å². The highest BCUT2D eigenvalue weighted by atomic mass is 19.4. The lowest BCUT2D eigenvalue weighted by atomic mass is 9.78. The summed E-state index contributed by atoms with van der Waals surface area (Å²) in [5.41, 5.74) is 2.12. The van der Waals surface area contributed by atoms with Crippen molar-refractivity contribution in [2.75, 3.05) is 11.9 Å². The number of aliphatic hydroxyl groups excluding tert-OH is 1. The van der Waals surface area contributed by atoms with Crippen molar-refractivity contribution < 1.29 is 27.8 Å². The molecule has 1 aliphatic rings. The second kappa shape index (κ2) is 9.95. The van der Waals surface area contributed by atoms with Crippen LogP contribution >= 0.6 is 0 Å². The molecule has 3 atom stereocenters. The molecule has 9 heteroatoms. The highest BCUT2D eigenvalue weighted by Crippen LogP contribution is 2.45. The first-order valence-electron chi connectivity index (χ1n) is 11.2. The maximum absolute atomic E-state index is 13.5. The van der Waals surface area contributed by atoms with Crippen molar-refractivity contribution in [2.45, 2.75) is 38.4 Å². The van der Waals surface area contributed by atoms with E-state index in [1.54, 1.807) is 47.6 Å². The number of aliphatic hydroxyl groups is 1. The molecular weight excluding hydrogens is 459 g/mol. The van der Waals surface area contributed by atoms with Crippen LogP contribution in [0.5, 0.6) is 5.75 Å². The lowest BCUT2D eigenvalue weighted by Gasteiger charge is -2.45. The Morgan fingerprint density at radius 3 is 2.57 bits per heavy atom. The maximum Gasteiger partial charge on any atom is 0.573 e. The second-order valence-electron chi connectivity index (χ2n) is 8.86. The highest BCUT2D eigenvalue weighted by molar-refractivity contribution is 5.97. The molecule has 0 fully saturated rings. The number of rotatable bonds is 7. The number of alkyl halides is 3. The normalized spacial score (nSPS) is 18.8. The predicted molar refractivity (Wildman–Crippen MR) is 125 cm³/mol. The van der Waals surface area contributed by atoms with Gasteiger partial charge in [0.2, 0.25) is 0 Å². The zero-order chi connectivity index (χ0) is 25.2. The molecule has 0 bridgehead atoms. The van der Waals surface area contributed by atoms with E-state index in [-0.39, 0.29) is 17.5 Å². The predicted octanol–water partition coefficient (Wildman–Crippen LogP) is 5.35. The molecule has 3 aromatic rings. The number of carbonyl (C=O) groups is 1. The molecule has 1 unspecified atom stereocenters. The van der Waals surface area contributed by atoms with Crippen LogP contribution in [0.2, 0.25) is 0 Å². The average Bonchev–Trinajstić information content (AvgIpc) is 2.80. The van der Waals surface area contributed by atoms with E-state index in [0.717, 1.165) is 5.56 Å². The fourth-order valence-electron chi connectivity index (χ4n) is 4.54. The quantitative estimate of drug-likeness (QED) is 0.442. The van der Waals surface area contributed by atoms with E-state index < -0.39 is 30.3 Å². The molecule has 1 aliphatic heterocycles. The van der Waals surface area contributed by atoms with Crippen LogP contribution in [0.15, 0.2) is 73.1 Å². The van der Waals surface area contributed by atoms with Gasteiger partial charge in [0.25, 0.3) is 5.91 Å². The van der Waals surface area contributed by atoms with Crippen LogP contribution in [0.1, 0.15) is 47.3 Å². The van der Waals surface area contributed by atoms with Crippen LogP contribution in [0.4, 0.5) is 18.9 Å². The number of nitrogens with one attached hydrogen (secondary N) is 1. The summed E-state index contributed by atoms with van der Waals surface area (Å²) in [6.07, 6.45) is -2.78. The van der Waals surface area contributed by atoms with E-state index in [1.807, 2.05) is 19.9 Å². The molecule has 2 N–H and O–H groups in total. The van der Waals surface area contributed by atoms with Gasteiger partial charge in [-0.05, 0) is 41.3 Å². The Labute approximate surface area is 201 Å². The van der Waals surface area contributed by atoms with E-state index in [1.165, 1.54) is 24.3 Å². The third-order valence-electron chi connectivity index (χ3n) is 5.80. The summed E-state index contributed by atoms with van der Waals surface area (Å²) in [5.74, 6) is -1.02. The summed E-state index contributed by atoms with van der Waals surface area (Å²) < 4.78 is 42.0. The van der Waals surface area contributed by atoms with Gasteiger partial charge >= 0.3 is 6.36 Å². The van der Waals surface area contributed by atoms with Gasteiger partial charge in [-0.25, -0.2) is 0 Å². The zero-order valence-electron chi connectivity index (χ0n) is 19.2. The van der Waals surface area contributed by atoms with Crippen LogP contribution in [-0.4, -0.2) is 40.0 Å². The van der Waals surface area contributed by atoms with Crippen molar-refractivity contribution in [1.29, 1.82) is 0 Å². The summed E-state index contributed by atoms with van der Waals surface area (Å²) in [4.78, 5) is 19.5. The topological polar surface area (TPSA) is 74.7 Å². The van der Waals surface area contributed by atoms with Crippen molar-refractivity contribution in [1.82, 2.24) is 9.88 Å². The largest absolute Gasteiger partial charge is 0.573 e. The Balaban J connectivity index is 1.76. The minimum Gasteiger partial charge on any atom is -0.406 e. The number of hydrogen-bond acceptors (Lipinski definition) is 5. The Hall–Kier alpha value is -3.59. The number of hydrogen-bond donors (Lipinski definition) is 2. The smallest absolute Gasteiger partial charge is 0.406 e. The number of carbonyl (C=O) groups excluding carboxylic acids is 1. The number of aromatic nitrogens is 1. The number of ether oxygens (including phenoxy) is 1. The number of benzene rings is 2. The van der Waals surface area contributed by atoms with Gasteiger partial charge in [0.15, 0.2) is 0 Å². The zero-order valence-corrected chi connectivity index (χ0v) is 19.2. The minimum absolute atomic E-state index is 0.146. The number of anilines is 1. The summed E-state index contributed by atoms with van der Waals surface area (Å²) in [6, 6.07) is 15.4. The molecule has 184 valence electrons. The average molecular weight is 486 g/mol. The highest BCUT2D eigenvalue weighted by Gasteiger charge is 2.44. The van der Waals surface area contributed by atoms with Crippen LogP contribution in [0.3, 0.4) is 0 Å². The molecule has 2 aromatic carbocycles. The fraction of sp³-hybridized carbons (Fsp3) is 0.308. The molecule has 1 aromatic heterocycles. The van der Waals surface area contributed by atoms with Crippen molar-refractivity contribution >= 4 is 11.6 Å². The summed E-state index contributed by atoms with van der Waals surface area (Å²) >= 11 is 0. The third kappa shape index (κ3) is 5.57. The molecule has 0 saturated carbocycles. The van der Waals surface area contributed by atoms with Crippen molar-refractivity contribution in [3.8, 4) is 5.75 Å².